The van der Waals surface area contributed by atoms with Gasteiger partial charge in [0.2, 0.25) is 11.7 Å². The molecule has 0 bridgehead atoms. The Balaban J connectivity index is 2.05. The van der Waals surface area contributed by atoms with Crippen molar-refractivity contribution in [2.24, 2.45) is 0 Å². The number of carbonyl (C=O) groups excluding carboxylic acids is 1. The Morgan fingerprint density at radius 2 is 1.64 bits per heavy atom. The van der Waals surface area contributed by atoms with Gasteiger partial charge in [0.05, 0.1) is 27.1 Å². The number of rotatable bonds is 5. The molecule has 2 aromatic rings. The van der Waals surface area contributed by atoms with Gasteiger partial charge in [-0.25, -0.2) is 0 Å². The van der Waals surface area contributed by atoms with Crippen molar-refractivity contribution in [3.8, 4) is 17.2 Å². The standard InChI is InChI=1S/C18H18ClNO4S/c1-22-14-8-11(9-15(23-2)17(14)24-3)18-20(16(21)10-25-18)13-6-4-12(19)5-7-13/h4-9,18H,10H2,1-3H3/t18-/m1/s1. The first-order valence-corrected chi connectivity index (χ1v) is 9.01. The number of methoxy groups -OCH3 is 3. The van der Waals surface area contributed by atoms with E-state index >= 15 is 0 Å². The summed E-state index contributed by atoms with van der Waals surface area (Å²) in [5, 5.41) is 0.453. The molecule has 132 valence electrons. The predicted octanol–water partition coefficient (Wildman–Crippen LogP) is 4.14. The van der Waals surface area contributed by atoms with E-state index in [0.29, 0.717) is 28.0 Å². The average molecular weight is 380 g/mol. The van der Waals surface area contributed by atoms with E-state index in [1.807, 2.05) is 24.3 Å². The van der Waals surface area contributed by atoms with Gasteiger partial charge in [0.1, 0.15) is 5.37 Å². The SMILES string of the molecule is COc1cc([C@H]2SCC(=O)N2c2ccc(Cl)cc2)cc(OC)c1OC. The Morgan fingerprint density at radius 1 is 1.04 bits per heavy atom. The van der Waals surface area contributed by atoms with Gasteiger partial charge in [0, 0.05) is 10.7 Å². The fourth-order valence-electron chi connectivity index (χ4n) is 2.80. The van der Waals surface area contributed by atoms with E-state index < -0.39 is 0 Å². The first-order chi connectivity index (χ1) is 12.1. The monoisotopic (exact) mass is 379 g/mol. The minimum Gasteiger partial charge on any atom is -0.493 e. The maximum atomic E-state index is 12.5. The van der Waals surface area contributed by atoms with Crippen LogP contribution in [0.4, 0.5) is 5.69 Å². The van der Waals surface area contributed by atoms with Gasteiger partial charge in [0.25, 0.3) is 0 Å². The smallest absolute Gasteiger partial charge is 0.238 e. The summed E-state index contributed by atoms with van der Waals surface area (Å²) < 4.78 is 16.2. The minimum atomic E-state index is -0.178. The van der Waals surface area contributed by atoms with Crippen LogP contribution < -0.4 is 19.1 Å². The summed E-state index contributed by atoms with van der Waals surface area (Å²) >= 11 is 7.52. The molecule has 0 unspecified atom stereocenters. The second-order valence-electron chi connectivity index (χ2n) is 5.36. The van der Waals surface area contributed by atoms with Gasteiger partial charge in [-0.2, -0.15) is 0 Å². The van der Waals surface area contributed by atoms with Crippen LogP contribution in [0.25, 0.3) is 0 Å². The molecule has 5 nitrogen and oxygen atoms in total. The van der Waals surface area contributed by atoms with E-state index in [1.165, 1.54) is 0 Å². The predicted molar refractivity (Wildman–Crippen MR) is 100 cm³/mol. The number of nitrogens with zero attached hydrogens (tertiary/aromatic N) is 1. The van der Waals surface area contributed by atoms with Crippen molar-refractivity contribution in [3.63, 3.8) is 0 Å². The molecule has 0 spiro atoms. The number of anilines is 1. The number of thioether (sulfide) groups is 1. The summed E-state index contributed by atoms with van der Waals surface area (Å²) in [6.45, 7) is 0. The summed E-state index contributed by atoms with van der Waals surface area (Å²) in [5.41, 5.74) is 1.71. The van der Waals surface area contributed by atoms with Crippen LogP contribution in [0.15, 0.2) is 36.4 Å². The van der Waals surface area contributed by atoms with Crippen LogP contribution in [-0.2, 0) is 4.79 Å². The van der Waals surface area contributed by atoms with Gasteiger partial charge in [-0.05, 0) is 42.0 Å². The maximum absolute atomic E-state index is 12.5. The van der Waals surface area contributed by atoms with Crippen LogP contribution in [0, 0.1) is 0 Å². The number of hydrogen-bond acceptors (Lipinski definition) is 5. The van der Waals surface area contributed by atoms with Crippen LogP contribution in [0.5, 0.6) is 17.2 Å². The van der Waals surface area contributed by atoms with E-state index in [9.17, 15) is 4.79 Å². The van der Waals surface area contributed by atoms with Crippen molar-refractivity contribution in [2.45, 2.75) is 5.37 Å². The Bertz CT molecular complexity index is 756. The topological polar surface area (TPSA) is 48.0 Å². The van der Waals surface area contributed by atoms with Gasteiger partial charge in [-0.3, -0.25) is 9.69 Å². The molecule has 1 saturated heterocycles. The molecule has 0 aromatic heterocycles. The zero-order valence-corrected chi connectivity index (χ0v) is 15.7. The van der Waals surface area contributed by atoms with Crippen LogP contribution >= 0.6 is 23.4 Å². The Kier molecular flexibility index (Phi) is 5.30. The normalized spacial score (nSPS) is 16.9. The fourth-order valence-corrected chi connectivity index (χ4v) is 4.08. The molecular formula is C18H18ClNO4S. The fraction of sp³-hybridized carbons (Fsp3) is 0.278. The third-order valence-corrected chi connectivity index (χ3v) is 5.41. The number of benzene rings is 2. The van der Waals surface area contributed by atoms with E-state index in [4.69, 9.17) is 25.8 Å². The van der Waals surface area contributed by atoms with Crippen LogP contribution in [0.2, 0.25) is 5.02 Å². The average Bonchev–Trinajstić information content (AvgIpc) is 3.02. The molecule has 1 aliphatic heterocycles. The van der Waals surface area contributed by atoms with Crippen molar-refractivity contribution in [3.05, 3.63) is 47.0 Å². The molecule has 0 radical (unpaired) electrons. The van der Waals surface area contributed by atoms with Gasteiger partial charge in [0.15, 0.2) is 11.5 Å². The quantitative estimate of drug-likeness (QED) is 0.781. The van der Waals surface area contributed by atoms with Crippen molar-refractivity contribution in [1.29, 1.82) is 0 Å². The summed E-state index contributed by atoms with van der Waals surface area (Å²) in [6, 6.07) is 11.0. The molecule has 0 N–H and O–H groups in total. The first-order valence-electron chi connectivity index (χ1n) is 7.58. The third kappa shape index (κ3) is 3.37. The molecule has 1 aliphatic rings. The Hall–Kier alpha value is -2.05. The lowest BCUT2D eigenvalue weighted by Gasteiger charge is -2.25. The van der Waals surface area contributed by atoms with E-state index in [0.717, 1.165) is 11.3 Å². The highest BCUT2D eigenvalue weighted by atomic mass is 35.5. The number of halogens is 1. The summed E-state index contributed by atoms with van der Waals surface area (Å²) in [6.07, 6.45) is 0. The second-order valence-corrected chi connectivity index (χ2v) is 6.87. The second kappa shape index (κ2) is 7.45. The number of hydrogen-bond donors (Lipinski definition) is 0. The van der Waals surface area contributed by atoms with Crippen LogP contribution in [-0.4, -0.2) is 33.0 Å². The summed E-state index contributed by atoms with van der Waals surface area (Å²) in [4.78, 5) is 14.2. The maximum Gasteiger partial charge on any atom is 0.238 e. The van der Waals surface area contributed by atoms with Crippen LogP contribution in [0.3, 0.4) is 0 Å². The highest BCUT2D eigenvalue weighted by molar-refractivity contribution is 8.00. The van der Waals surface area contributed by atoms with Gasteiger partial charge >= 0.3 is 0 Å². The van der Waals surface area contributed by atoms with Crippen molar-refractivity contribution in [2.75, 3.05) is 32.0 Å². The molecule has 7 heteroatoms. The molecule has 0 saturated carbocycles. The number of amides is 1. The number of carbonyl (C=O) groups is 1. The molecule has 3 rings (SSSR count). The molecule has 0 aliphatic carbocycles. The zero-order chi connectivity index (χ0) is 18.0. The largest absolute Gasteiger partial charge is 0.493 e. The molecule has 2 aromatic carbocycles. The highest BCUT2D eigenvalue weighted by Crippen LogP contribution is 2.47. The lowest BCUT2D eigenvalue weighted by Crippen LogP contribution is -2.27. The van der Waals surface area contributed by atoms with E-state index in [1.54, 1.807) is 50.1 Å². The summed E-state index contributed by atoms with van der Waals surface area (Å²) in [5.74, 6) is 2.11. The zero-order valence-electron chi connectivity index (χ0n) is 14.1. The molecular weight excluding hydrogens is 362 g/mol. The van der Waals surface area contributed by atoms with E-state index in [-0.39, 0.29) is 11.3 Å². The number of ether oxygens (including phenoxy) is 3. The van der Waals surface area contributed by atoms with E-state index in [2.05, 4.69) is 0 Å². The van der Waals surface area contributed by atoms with Crippen molar-refractivity contribution < 1.29 is 19.0 Å². The van der Waals surface area contributed by atoms with Gasteiger partial charge in [-0.15, -0.1) is 11.8 Å². The highest BCUT2D eigenvalue weighted by Gasteiger charge is 2.35. The molecule has 1 atom stereocenters. The van der Waals surface area contributed by atoms with Gasteiger partial charge in [-0.1, -0.05) is 11.6 Å². The minimum absolute atomic E-state index is 0.0473. The molecule has 25 heavy (non-hydrogen) atoms. The van der Waals surface area contributed by atoms with Crippen molar-refractivity contribution in [1.82, 2.24) is 0 Å². The third-order valence-electron chi connectivity index (χ3n) is 3.94. The lowest BCUT2D eigenvalue weighted by molar-refractivity contribution is -0.115. The van der Waals surface area contributed by atoms with Gasteiger partial charge < -0.3 is 14.2 Å². The Labute approximate surface area is 155 Å². The summed E-state index contributed by atoms with van der Waals surface area (Å²) in [7, 11) is 4.71. The Morgan fingerprint density at radius 3 is 2.16 bits per heavy atom. The molecule has 1 heterocycles. The molecule has 1 amide bonds. The lowest BCUT2D eigenvalue weighted by atomic mass is 10.1. The van der Waals surface area contributed by atoms with Crippen LogP contribution in [0.1, 0.15) is 10.9 Å². The van der Waals surface area contributed by atoms with Crippen molar-refractivity contribution >= 4 is 35.0 Å². The molecule has 1 fully saturated rings. The first kappa shape index (κ1) is 17.8.